The number of hydrogen-bond donors (Lipinski definition) is 1. The maximum atomic E-state index is 5.89. The van der Waals surface area contributed by atoms with Gasteiger partial charge >= 0.3 is 0 Å². The van der Waals surface area contributed by atoms with E-state index in [0.29, 0.717) is 6.10 Å². The smallest absolute Gasteiger partial charge is 0.193 e. The summed E-state index contributed by atoms with van der Waals surface area (Å²) in [6.07, 6.45) is 7.25. The zero-order chi connectivity index (χ0) is 17.2. The van der Waals surface area contributed by atoms with Crippen LogP contribution < -0.4 is 5.32 Å². The Morgan fingerprint density at radius 1 is 1.48 bits per heavy atom. The number of aryl methyl sites for hydroxylation is 1. The summed E-state index contributed by atoms with van der Waals surface area (Å²) in [5.41, 5.74) is 1.17. The first-order chi connectivity index (χ1) is 11.7. The molecule has 1 aliphatic heterocycles. The predicted octanol–water partition coefficient (Wildman–Crippen LogP) is 2.02. The van der Waals surface area contributed by atoms with Crippen LogP contribution in [-0.4, -0.2) is 66.7 Å². The first-order valence-corrected chi connectivity index (χ1v) is 8.85. The molecule has 2 rings (SSSR count). The molecule has 7 nitrogen and oxygen atoms in total. The highest BCUT2D eigenvalue weighted by Gasteiger charge is 2.13. The summed E-state index contributed by atoms with van der Waals surface area (Å²) in [7, 11) is 3.98. The molecular weight excluding hydrogens is 433 g/mol. The largest absolute Gasteiger partial charge is 0.381 e. The summed E-state index contributed by atoms with van der Waals surface area (Å²) >= 11 is 0. The van der Waals surface area contributed by atoms with Gasteiger partial charge in [0, 0.05) is 65.3 Å². The van der Waals surface area contributed by atoms with E-state index in [4.69, 9.17) is 14.5 Å². The van der Waals surface area contributed by atoms with Crippen molar-refractivity contribution in [3.05, 3.63) is 18.0 Å². The van der Waals surface area contributed by atoms with Crippen molar-refractivity contribution >= 4 is 29.9 Å². The molecule has 1 N–H and O–H groups in total. The van der Waals surface area contributed by atoms with Gasteiger partial charge in [-0.25, -0.2) is 0 Å². The molecule has 0 saturated carbocycles. The summed E-state index contributed by atoms with van der Waals surface area (Å²) in [4.78, 5) is 6.82. The molecule has 1 fully saturated rings. The van der Waals surface area contributed by atoms with Crippen molar-refractivity contribution < 1.29 is 9.47 Å². The standard InChI is InChI=1S/C17H31N5O2.HI/c1-4-18-17(21(2)13-15-12-20-22(3)14-15)19-8-5-9-24-16-6-10-23-11-7-16;/h12,14,16H,4-11,13H2,1-3H3,(H,18,19);1H. The van der Waals surface area contributed by atoms with Crippen molar-refractivity contribution in [3.63, 3.8) is 0 Å². The van der Waals surface area contributed by atoms with E-state index < -0.39 is 0 Å². The molecule has 0 aliphatic carbocycles. The Morgan fingerprint density at radius 2 is 2.24 bits per heavy atom. The van der Waals surface area contributed by atoms with Gasteiger partial charge < -0.3 is 19.7 Å². The SMILES string of the molecule is CCNC(=NCCCOC1CCOCC1)N(C)Cc1cnn(C)c1.I. The molecule has 0 unspecified atom stereocenters. The Hall–Kier alpha value is -0.870. The lowest BCUT2D eigenvalue weighted by Crippen LogP contribution is -2.38. The first-order valence-electron chi connectivity index (χ1n) is 8.85. The minimum atomic E-state index is 0. The Kier molecular flexibility index (Phi) is 11.1. The van der Waals surface area contributed by atoms with E-state index in [-0.39, 0.29) is 24.0 Å². The van der Waals surface area contributed by atoms with Gasteiger partial charge in [-0.15, -0.1) is 24.0 Å². The van der Waals surface area contributed by atoms with E-state index in [0.717, 1.165) is 64.7 Å². The topological polar surface area (TPSA) is 63.9 Å². The van der Waals surface area contributed by atoms with Crippen molar-refractivity contribution in [2.24, 2.45) is 12.0 Å². The maximum absolute atomic E-state index is 5.89. The van der Waals surface area contributed by atoms with Crippen LogP contribution in [0.25, 0.3) is 0 Å². The van der Waals surface area contributed by atoms with Crippen LogP contribution in [0.1, 0.15) is 31.7 Å². The Labute approximate surface area is 168 Å². The molecule has 1 aliphatic rings. The number of ether oxygens (including phenoxy) is 2. The zero-order valence-electron chi connectivity index (χ0n) is 15.6. The van der Waals surface area contributed by atoms with Gasteiger partial charge in [-0.05, 0) is 26.2 Å². The second-order valence-corrected chi connectivity index (χ2v) is 6.15. The first kappa shape index (κ1) is 22.2. The van der Waals surface area contributed by atoms with E-state index >= 15 is 0 Å². The molecule has 8 heteroatoms. The van der Waals surface area contributed by atoms with Gasteiger partial charge in [0.25, 0.3) is 0 Å². The zero-order valence-corrected chi connectivity index (χ0v) is 17.9. The average molecular weight is 465 g/mol. The highest BCUT2D eigenvalue weighted by molar-refractivity contribution is 14.0. The molecule has 1 aromatic heterocycles. The fourth-order valence-electron chi connectivity index (χ4n) is 2.71. The second kappa shape index (κ2) is 12.5. The number of hydrogen-bond acceptors (Lipinski definition) is 4. The van der Waals surface area contributed by atoms with E-state index in [2.05, 4.69) is 22.2 Å². The third kappa shape index (κ3) is 8.37. The van der Waals surface area contributed by atoms with E-state index in [1.165, 1.54) is 5.56 Å². The minimum absolute atomic E-state index is 0. The Bertz CT molecular complexity index is 503. The summed E-state index contributed by atoms with van der Waals surface area (Å²) in [6, 6.07) is 0. The predicted molar refractivity (Wildman–Crippen MR) is 110 cm³/mol. The van der Waals surface area contributed by atoms with Crippen molar-refractivity contribution in [3.8, 4) is 0 Å². The molecule has 0 radical (unpaired) electrons. The molecule has 0 amide bonds. The molecule has 1 aromatic rings. The second-order valence-electron chi connectivity index (χ2n) is 6.15. The highest BCUT2D eigenvalue weighted by Crippen LogP contribution is 2.10. The Balaban J connectivity index is 0.00000312. The van der Waals surface area contributed by atoms with Gasteiger partial charge in [0.1, 0.15) is 0 Å². The molecule has 144 valence electrons. The van der Waals surface area contributed by atoms with Crippen molar-refractivity contribution in [1.82, 2.24) is 20.0 Å². The summed E-state index contributed by atoms with van der Waals surface area (Å²) in [6.45, 7) is 6.91. The fourth-order valence-corrected chi connectivity index (χ4v) is 2.71. The number of aromatic nitrogens is 2. The minimum Gasteiger partial charge on any atom is -0.381 e. The molecule has 2 heterocycles. The lowest BCUT2D eigenvalue weighted by molar-refractivity contribution is -0.0318. The molecule has 1 saturated heterocycles. The molecular formula is C17H32IN5O2. The molecule has 0 atom stereocenters. The molecule has 0 aromatic carbocycles. The quantitative estimate of drug-likeness (QED) is 0.276. The number of nitrogens with one attached hydrogen (secondary N) is 1. The molecule has 0 spiro atoms. The number of halogens is 1. The number of aliphatic imine (C=N–C) groups is 1. The summed E-state index contributed by atoms with van der Waals surface area (Å²) in [5.74, 6) is 0.924. The van der Waals surface area contributed by atoms with Crippen LogP contribution in [0.3, 0.4) is 0 Å². The lowest BCUT2D eigenvalue weighted by Gasteiger charge is -2.23. The van der Waals surface area contributed by atoms with Crippen LogP contribution in [0.15, 0.2) is 17.4 Å². The van der Waals surface area contributed by atoms with Crippen LogP contribution in [-0.2, 0) is 23.1 Å². The number of rotatable bonds is 8. The summed E-state index contributed by atoms with van der Waals surface area (Å²) < 4.78 is 13.1. The van der Waals surface area contributed by atoms with Crippen molar-refractivity contribution in [2.45, 2.75) is 38.8 Å². The van der Waals surface area contributed by atoms with E-state index in [1.54, 1.807) is 0 Å². The van der Waals surface area contributed by atoms with Crippen molar-refractivity contribution in [2.75, 3.05) is 40.0 Å². The monoisotopic (exact) mass is 465 g/mol. The molecule has 0 bridgehead atoms. The van der Waals surface area contributed by atoms with Crippen LogP contribution in [0.5, 0.6) is 0 Å². The van der Waals surface area contributed by atoms with Gasteiger partial charge in [0.15, 0.2) is 5.96 Å². The number of guanidine groups is 1. The highest BCUT2D eigenvalue weighted by atomic mass is 127. The van der Waals surface area contributed by atoms with Gasteiger partial charge in [-0.3, -0.25) is 9.67 Å². The van der Waals surface area contributed by atoms with Crippen LogP contribution in [0.2, 0.25) is 0 Å². The Morgan fingerprint density at radius 3 is 2.88 bits per heavy atom. The van der Waals surface area contributed by atoms with Gasteiger partial charge in [0.2, 0.25) is 0 Å². The van der Waals surface area contributed by atoms with E-state index in [1.807, 2.05) is 31.2 Å². The van der Waals surface area contributed by atoms with E-state index in [9.17, 15) is 0 Å². The third-order valence-corrected chi connectivity index (χ3v) is 3.96. The number of nitrogens with zero attached hydrogens (tertiary/aromatic N) is 4. The lowest BCUT2D eigenvalue weighted by atomic mass is 10.1. The molecule has 25 heavy (non-hydrogen) atoms. The normalized spacial score (nSPS) is 15.7. The average Bonchev–Trinajstić information content (AvgIpc) is 2.99. The van der Waals surface area contributed by atoms with Crippen LogP contribution >= 0.6 is 24.0 Å². The fraction of sp³-hybridized carbons (Fsp3) is 0.765. The van der Waals surface area contributed by atoms with Crippen molar-refractivity contribution in [1.29, 1.82) is 0 Å². The van der Waals surface area contributed by atoms with Crippen LogP contribution in [0.4, 0.5) is 0 Å². The van der Waals surface area contributed by atoms with Gasteiger partial charge in [-0.2, -0.15) is 5.10 Å². The summed E-state index contributed by atoms with van der Waals surface area (Å²) in [5, 5.41) is 7.55. The van der Waals surface area contributed by atoms with Gasteiger partial charge in [0.05, 0.1) is 12.3 Å². The van der Waals surface area contributed by atoms with Crippen LogP contribution in [0, 0.1) is 0 Å². The maximum Gasteiger partial charge on any atom is 0.193 e. The third-order valence-electron chi connectivity index (χ3n) is 3.96. The van der Waals surface area contributed by atoms with Gasteiger partial charge in [-0.1, -0.05) is 0 Å².